The molecule has 0 heterocycles. The van der Waals surface area contributed by atoms with Gasteiger partial charge >= 0.3 is 5.97 Å². The lowest BCUT2D eigenvalue weighted by atomic mass is 10.0. The summed E-state index contributed by atoms with van der Waals surface area (Å²) in [7, 11) is 0. The minimum atomic E-state index is -0.467. The van der Waals surface area contributed by atoms with Gasteiger partial charge in [0.15, 0.2) is 0 Å². The number of carbonyl (C=O) groups is 1. The smallest absolute Gasteiger partial charge is 0.343 e. The van der Waals surface area contributed by atoms with Crippen LogP contribution in [0.3, 0.4) is 0 Å². The van der Waals surface area contributed by atoms with Crippen molar-refractivity contribution in [1.29, 1.82) is 0 Å². The van der Waals surface area contributed by atoms with Crippen molar-refractivity contribution in [2.24, 2.45) is 0 Å². The van der Waals surface area contributed by atoms with Gasteiger partial charge in [-0.05, 0) is 47.0 Å². The maximum atomic E-state index is 14.2. The van der Waals surface area contributed by atoms with Crippen LogP contribution in [0.1, 0.15) is 21.5 Å². The zero-order valence-corrected chi connectivity index (χ0v) is 14.1. The molecule has 0 aliphatic carbocycles. The quantitative estimate of drug-likeness (QED) is 0.419. The largest absolute Gasteiger partial charge is 0.423 e. The predicted molar refractivity (Wildman–Crippen MR) is 103 cm³/mol. The topological polar surface area (TPSA) is 26.3 Å². The molecule has 0 bridgehead atoms. The van der Waals surface area contributed by atoms with Gasteiger partial charge in [-0.1, -0.05) is 61.7 Å². The van der Waals surface area contributed by atoms with Crippen molar-refractivity contribution in [2.75, 3.05) is 0 Å². The van der Waals surface area contributed by atoms with Crippen LogP contribution < -0.4 is 4.74 Å². The molecule has 128 valence electrons. The van der Waals surface area contributed by atoms with E-state index in [2.05, 4.69) is 13.2 Å². The molecule has 3 aromatic carbocycles. The molecule has 0 saturated heterocycles. The van der Waals surface area contributed by atoms with E-state index >= 15 is 0 Å². The Hall–Kier alpha value is -3.46. The fourth-order valence-corrected chi connectivity index (χ4v) is 2.52. The second-order valence-electron chi connectivity index (χ2n) is 5.68. The van der Waals surface area contributed by atoms with Crippen molar-refractivity contribution >= 4 is 18.1 Å². The normalized spacial score (nSPS) is 10.2. The average molecular weight is 344 g/mol. The highest BCUT2D eigenvalue weighted by molar-refractivity contribution is 5.91. The van der Waals surface area contributed by atoms with Gasteiger partial charge in [-0.25, -0.2) is 9.18 Å². The molecule has 0 fully saturated rings. The summed E-state index contributed by atoms with van der Waals surface area (Å²) >= 11 is 0. The Kier molecular flexibility index (Phi) is 5.09. The van der Waals surface area contributed by atoms with Crippen LogP contribution in [-0.4, -0.2) is 5.97 Å². The molecule has 2 nitrogen and oxygen atoms in total. The van der Waals surface area contributed by atoms with Crippen molar-refractivity contribution in [2.45, 2.75) is 0 Å². The number of ether oxygens (including phenoxy) is 1. The Morgan fingerprint density at radius 2 is 1.46 bits per heavy atom. The van der Waals surface area contributed by atoms with Crippen molar-refractivity contribution < 1.29 is 13.9 Å². The number of hydrogen-bond donors (Lipinski definition) is 0. The third-order valence-corrected chi connectivity index (χ3v) is 3.99. The van der Waals surface area contributed by atoms with Crippen molar-refractivity contribution in [1.82, 2.24) is 0 Å². The van der Waals surface area contributed by atoms with Gasteiger partial charge in [0.1, 0.15) is 11.6 Å². The molecule has 0 aliphatic rings. The monoisotopic (exact) mass is 344 g/mol. The highest BCUT2D eigenvalue weighted by Crippen LogP contribution is 2.25. The fraction of sp³-hybridized carbons (Fsp3) is 0. The van der Waals surface area contributed by atoms with Gasteiger partial charge < -0.3 is 4.74 Å². The first-order valence-corrected chi connectivity index (χ1v) is 8.08. The van der Waals surface area contributed by atoms with E-state index in [4.69, 9.17) is 4.74 Å². The summed E-state index contributed by atoms with van der Waals surface area (Å²) in [6, 6.07) is 18.6. The van der Waals surface area contributed by atoms with Gasteiger partial charge in [0.05, 0.1) is 5.56 Å². The van der Waals surface area contributed by atoms with Crippen molar-refractivity contribution in [3.8, 4) is 16.9 Å². The summed E-state index contributed by atoms with van der Waals surface area (Å²) in [5, 5.41) is 0. The first kappa shape index (κ1) is 17.4. The molecule has 0 amide bonds. The van der Waals surface area contributed by atoms with E-state index in [0.29, 0.717) is 28.0 Å². The number of benzene rings is 3. The summed E-state index contributed by atoms with van der Waals surface area (Å²) in [5.41, 5.74) is 3.21. The molecule has 0 aromatic heterocycles. The van der Waals surface area contributed by atoms with Gasteiger partial charge in [-0.3, -0.25) is 0 Å². The van der Waals surface area contributed by atoms with E-state index in [1.165, 1.54) is 6.07 Å². The minimum Gasteiger partial charge on any atom is -0.423 e. The van der Waals surface area contributed by atoms with Crippen molar-refractivity contribution in [3.63, 3.8) is 0 Å². The van der Waals surface area contributed by atoms with Crippen molar-refractivity contribution in [3.05, 3.63) is 102 Å². The van der Waals surface area contributed by atoms with Crippen LogP contribution in [0.2, 0.25) is 0 Å². The Labute approximate surface area is 151 Å². The van der Waals surface area contributed by atoms with E-state index < -0.39 is 5.97 Å². The van der Waals surface area contributed by atoms with Crippen LogP contribution in [-0.2, 0) is 0 Å². The van der Waals surface area contributed by atoms with Crippen LogP contribution in [0.5, 0.6) is 5.75 Å². The first-order valence-electron chi connectivity index (χ1n) is 8.08. The minimum absolute atomic E-state index is 0.333. The molecule has 3 rings (SSSR count). The molecule has 0 N–H and O–H groups in total. The van der Waals surface area contributed by atoms with Gasteiger partial charge in [-0.15, -0.1) is 0 Å². The highest BCUT2D eigenvalue weighted by atomic mass is 19.1. The molecule has 0 radical (unpaired) electrons. The number of esters is 1. The third-order valence-electron chi connectivity index (χ3n) is 3.99. The van der Waals surface area contributed by atoms with Crippen LogP contribution in [0, 0.1) is 5.82 Å². The van der Waals surface area contributed by atoms with Crippen LogP contribution in [0.15, 0.2) is 79.9 Å². The average Bonchev–Trinajstić information content (AvgIpc) is 2.68. The molecule has 0 atom stereocenters. The second kappa shape index (κ2) is 7.62. The Balaban J connectivity index is 1.77. The second-order valence-corrected chi connectivity index (χ2v) is 5.68. The molecular weight excluding hydrogens is 327 g/mol. The van der Waals surface area contributed by atoms with Gasteiger partial charge in [-0.2, -0.15) is 0 Å². The summed E-state index contributed by atoms with van der Waals surface area (Å²) in [4.78, 5) is 12.2. The van der Waals surface area contributed by atoms with Crippen LogP contribution >= 0.6 is 0 Å². The molecule has 26 heavy (non-hydrogen) atoms. The first-order chi connectivity index (χ1) is 12.6. The zero-order valence-electron chi connectivity index (χ0n) is 14.1. The lowest BCUT2D eigenvalue weighted by Crippen LogP contribution is -2.08. The molecule has 0 saturated carbocycles. The maximum Gasteiger partial charge on any atom is 0.343 e. The van der Waals surface area contributed by atoms with Gasteiger partial charge in [0, 0.05) is 5.56 Å². The predicted octanol–water partition coefficient (Wildman–Crippen LogP) is 6.00. The molecule has 0 unspecified atom stereocenters. The van der Waals surface area contributed by atoms with Crippen LogP contribution in [0.25, 0.3) is 23.3 Å². The Morgan fingerprint density at radius 3 is 2.04 bits per heavy atom. The molecule has 3 heteroatoms. The van der Waals surface area contributed by atoms with Crippen LogP contribution in [0.4, 0.5) is 4.39 Å². The summed E-state index contributed by atoms with van der Waals surface area (Å²) in [6.07, 6.45) is 3.30. The van der Waals surface area contributed by atoms with Gasteiger partial charge in [0.25, 0.3) is 0 Å². The molecular formula is C23H17FO2. The van der Waals surface area contributed by atoms with E-state index in [9.17, 15) is 9.18 Å². The van der Waals surface area contributed by atoms with Gasteiger partial charge in [0.2, 0.25) is 0 Å². The Bertz CT molecular complexity index is 955. The number of rotatable bonds is 5. The Morgan fingerprint density at radius 1 is 0.846 bits per heavy atom. The van der Waals surface area contributed by atoms with E-state index in [-0.39, 0.29) is 5.82 Å². The number of carbonyl (C=O) groups excluding carboxylic acids is 1. The lowest BCUT2D eigenvalue weighted by molar-refractivity contribution is 0.0735. The summed E-state index contributed by atoms with van der Waals surface area (Å²) in [5.74, 6) is -0.346. The molecule has 0 aliphatic heterocycles. The van der Waals surface area contributed by atoms with E-state index in [0.717, 1.165) is 5.56 Å². The SMILES string of the molecule is C=Cc1ccc(OC(=O)c2ccc(-c3ccc(C=C)cc3F)cc2)cc1. The van der Waals surface area contributed by atoms with E-state index in [1.807, 2.05) is 12.1 Å². The summed E-state index contributed by atoms with van der Waals surface area (Å²) in [6.45, 7) is 7.31. The standard InChI is InChI=1S/C23H17FO2/c1-3-16-5-12-20(13-6-16)26-23(25)19-10-8-18(9-11-19)21-14-7-17(4-2)15-22(21)24/h3-15H,1-2H2. The lowest BCUT2D eigenvalue weighted by Gasteiger charge is -2.07. The fourth-order valence-electron chi connectivity index (χ4n) is 2.52. The highest BCUT2D eigenvalue weighted by Gasteiger charge is 2.10. The number of halogens is 1. The van der Waals surface area contributed by atoms with E-state index in [1.54, 1.807) is 60.7 Å². The molecule has 3 aromatic rings. The molecule has 0 spiro atoms. The summed E-state index contributed by atoms with van der Waals surface area (Å²) < 4.78 is 19.5. The number of hydrogen-bond acceptors (Lipinski definition) is 2. The zero-order chi connectivity index (χ0) is 18.5. The maximum absolute atomic E-state index is 14.2. The third kappa shape index (κ3) is 3.78.